The van der Waals surface area contributed by atoms with E-state index in [1.807, 2.05) is 0 Å². The van der Waals surface area contributed by atoms with Gasteiger partial charge in [0.2, 0.25) is 0 Å². The number of aromatic nitrogens is 4. The molecule has 8 aromatic rings. The first-order valence-corrected chi connectivity index (χ1v) is 29.2. The maximum Gasteiger partial charge on any atom is 0.135 e. The maximum atomic E-state index is 5.35. The van der Waals surface area contributed by atoms with Crippen LogP contribution in [-0.4, -0.2) is 19.9 Å². The van der Waals surface area contributed by atoms with Crippen molar-refractivity contribution in [2.45, 2.75) is 155 Å². The van der Waals surface area contributed by atoms with Gasteiger partial charge >= 0.3 is 0 Å². The lowest BCUT2D eigenvalue weighted by atomic mass is 10.0. The van der Waals surface area contributed by atoms with Gasteiger partial charge in [-0.2, -0.15) is 0 Å². The Balaban J connectivity index is 0.985. The van der Waals surface area contributed by atoms with Crippen LogP contribution in [-0.2, 0) is 12.8 Å². The highest BCUT2D eigenvalue weighted by atomic mass is 32.1. The van der Waals surface area contributed by atoms with Crippen molar-refractivity contribution in [2.24, 2.45) is 0 Å². The van der Waals surface area contributed by atoms with Crippen molar-refractivity contribution in [3.63, 3.8) is 0 Å². The van der Waals surface area contributed by atoms with Crippen LogP contribution in [0.2, 0.25) is 0 Å². The average molecular weight is 976 g/mol. The summed E-state index contributed by atoms with van der Waals surface area (Å²) in [6.45, 7) is 4.59. The Morgan fingerprint density at radius 1 is 0.309 bits per heavy atom. The van der Waals surface area contributed by atoms with Gasteiger partial charge in [0.25, 0.3) is 0 Å². The first kappa shape index (κ1) is 49.8. The van der Waals surface area contributed by atoms with Crippen molar-refractivity contribution in [3.8, 4) is 72.9 Å². The van der Waals surface area contributed by atoms with E-state index in [0.717, 1.165) is 55.5 Å². The Morgan fingerprint density at radius 3 is 0.971 bits per heavy atom. The van der Waals surface area contributed by atoms with E-state index in [9.17, 15) is 0 Å². The molecule has 8 rings (SSSR count). The van der Waals surface area contributed by atoms with Gasteiger partial charge in [-0.25, -0.2) is 19.9 Å². The fraction of sp³-hybridized carbons (Fsp3) is 0.400. The van der Waals surface area contributed by atoms with Crippen LogP contribution in [0.1, 0.15) is 154 Å². The van der Waals surface area contributed by atoms with E-state index in [-0.39, 0.29) is 0 Å². The lowest BCUT2D eigenvalue weighted by Gasteiger charge is -2.03. The second kappa shape index (κ2) is 27.0. The summed E-state index contributed by atoms with van der Waals surface area (Å²) < 4.78 is 0. The normalized spacial score (nSPS) is 11.5. The van der Waals surface area contributed by atoms with E-state index < -0.39 is 0 Å². The van der Waals surface area contributed by atoms with Crippen LogP contribution >= 0.6 is 45.3 Å². The van der Waals surface area contributed by atoms with Crippen molar-refractivity contribution >= 4 is 45.3 Å². The summed E-state index contributed by atoms with van der Waals surface area (Å²) >= 11 is 7.15. The summed E-state index contributed by atoms with van der Waals surface area (Å²) in [6.07, 6.45) is 32.6. The summed E-state index contributed by atoms with van der Waals surface area (Å²) in [6, 6.07) is 39.1. The highest BCUT2D eigenvalue weighted by Gasteiger charge is 2.21. The van der Waals surface area contributed by atoms with E-state index in [2.05, 4.69) is 135 Å². The molecule has 4 heterocycles. The van der Waals surface area contributed by atoms with E-state index in [0.29, 0.717) is 0 Å². The van der Waals surface area contributed by atoms with Gasteiger partial charge in [-0.3, -0.25) is 0 Å². The SMILES string of the molecule is CCCCCCCCCCCCc1nc(-c2ccc(-c3ccccc3)cc2)sc1-c1ncc(-c2cnc(-c3sc(-c4ccc(-c5ccccc5)cc4)nc3CCCCCCCCCCCC)s2)s1. The minimum absolute atomic E-state index is 0.981. The molecule has 0 unspecified atom stereocenters. The van der Waals surface area contributed by atoms with Gasteiger partial charge in [0.1, 0.15) is 20.0 Å². The maximum absolute atomic E-state index is 5.35. The highest BCUT2D eigenvalue weighted by Crippen LogP contribution is 2.45. The van der Waals surface area contributed by atoms with Gasteiger partial charge in [0.05, 0.1) is 30.9 Å². The van der Waals surface area contributed by atoms with Crippen LogP contribution < -0.4 is 0 Å². The Kier molecular flexibility index (Phi) is 19.8. The van der Waals surface area contributed by atoms with Gasteiger partial charge < -0.3 is 0 Å². The van der Waals surface area contributed by atoms with Gasteiger partial charge in [-0.05, 0) is 47.9 Å². The predicted molar refractivity (Wildman–Crippen MR) is 298 cm³/mol. The summed E-state index contributed by atoms with van der Waals surface area (Å²) in [5, 5.41) is 4.26. The largest absolute Gasteiger partial charge is 0.243 e. The Hall–Kier alpha value is -4.60. The molecule has 4 aromatic heterocycles. The molecular weight excluding hydrogens is 905 g/mol. The molecule has 0 aliphatic carbocycles. The van der Waals surface area contributed by atoms with Crippen molar-refractivity contribution in [1.29, 1.82) is 0 Å². The second-order valence-corrected chi connectivity index (χ2v) is 22.5. The number of benzene rings is 4. The standard InChI is InChI=1S/C60H70N4S4/c1-3-5-7-9-11-13-15-17-19-27-33-51-55(67-57(63-51)49-39-35-47(36-40-49)45-29-23-21-24-30-45)59-61-43-53(65-59)54-44-62-60(66-54)56-52(34-28-20-18-16-14-12-10-8-6-4-2)64-58(68-56)50-41-37-48(38-42-50)46-31-25-22-26-32-46/h21-26,29-32,35-44H,3-20,27-28,33-34H2,1-2H3. The molecule has 0 bridgehead atoms. The lowest BCUT2D eigenvalue weighted by molar-refractivity contribution is 0.555. The third-order valence-corrected chi connectivity index (χ3v) is 17.8. The van der Waals surface area contributed by atoms with E-state index >= 15 is 0 Å². The smallest absolute Gasteiger partial charge is 0.135 e. The molecular formula is C60H70N4S4. The van der Waals surface area contributed by atoms with Crippen LogP contribution in [0.5, 0.6) is 0 Å². The number of hydrogen-bond acceptors (Lipinski definition) is 8. The summed E-state index contributed by atoms with van der Waals surface area (Å²) in [4.78, 5) is 25.7. The molecule has 354 valence electrons. The highest BCUT2D eigenvalue weighted by molar-refractivity contribution is 7.28. The van der Waals surface area contributed by atoms with Gasteiger partial charge in [0.15, 0.2) is 0 Å². The molecule has 0 amide bonds. The van der Waals surface area contributed by atoms with Crippen molar-refractivity contribution < 1.29 is 0 Å². The summed E-state index contributed by atoms with van der Waals surface area (Å²) in [7, 11) is 0. The molecule has 0 saturated heterocycles. The number of thiazole rings is 4. The second-order valence-electron chi connectivity index (χ2n) is 18.4. The number of hydrogen-bond donors (Lipinski definition) is 0. The van der Waals surface area contributed by atoms with E-state index in [1.54, 1.807) is 45.3 Å². The van der Waals surface area contributed by atoms with Crippen LogP contribution in [0, 0.1) is 0 Å². The minimum Gasteiger partial charge on any atom is -0.243 e. The molecule has 0 radical (unpaired) electrons. The molecule has 0 atom stereocenters. The van der Waals surface area contributed by atoms with E-state index in [4.69, 9.17) is 19.9 Å². The number of unbranched alkanes of at least 4 members (excludes halogenated alkanes) is 18. The monoisotopic (exact) mass is 974 g/mol. The fourth-order valence-electron chi connectivity index (χ4n) is 9.04. The molecule has 0 saturated carbocycles. The molecule has 0 spiro atoms. The first-order chi connectivity index (χ1) is 33.7. The fourth-order valence-corrected chi connectivity index (χ4v) is 13.4. The molecule has 4 aromatic carbocycles. The zero-order valence-electron chi connectivity index (χ0n) is 40.5. The van der Waals surface area contributed by atoms with Crippen molar-refractivity contribution in [3.05, 3.63) is 133 Å². The van der Waals surface area contributed by atoms with Crippen LogP contribution in [0.3, 0.4) is 0 Å². The third kappa shape index (κ3) is 14.2. The summed E-state index contributed by atoms with van der Waals surface area (Å²) in [5.74, 6) is 0. The zero-order chi connectivity index (χ0) is 46.6. The molecule has 68 heavy (non-hydrogen) atoms. The van der Waals surface area contributed by atoms with Crippen molar-refractivity contribution in [1.82, 2.24) is 19.9 Å². The Bertz CT molecular complexity index is 2470. The average Bonchev–Trinajstić information content (AvgIpc) is 4.23. The van der Waals surface area contributed by atoms with Crippen LogP contribution in [0.4, 0.5) is 0 Å². The summed E-state index contributed by atoms with van der Waals surface area (Å²) in [5.41, 5.74) is 9.62. The lowest BCUT2D eigenvalue weighted by Crippen LogP contribution is -1.90. The molecule has 0 N–H and O–H groups in total. The van der Waals surface area contributed by atoms with Gasteiger partial charge in [-0.15, -0.1) is 45.3 Å². The molecule has 8 heteroatoms. The minimum atomic E-state index is 0.981. The van der Waals surface area contributed by atoms with Crippen LogP contribution in [0.25, 0.3) is 72.9 Å². The molecule has 0 aliphatic rings. The van der Waals surface area contributed by atoms with E-state index in [1.165, 1.54) is 170 Å². The molecule has 4 nitrogen and oxygen atoms in total. The Labute approximate surface area is 423 Å². The first-order valence-electron chi connectivity index (χ1n) is 25.9. The number of nitrogens with zero attached hydrogens (tertiary/aromatic N) is 4. The predicted octanol–water partition coefficient (Wildman–Crippen LogP) is 20.1. The topological polar surface area (TPSA) is 51.6 Å². The Morgan fingerprint density at radius 2 is 0.618 bits per heavy atom. The van der Waals surface area contributed by atoms with Gasteiger partial charge in [0, 0.05) is 23.5 Å². The third-order valence-electron chi connectivity index (χ3n) is 13.0. The number of aryl methyl sites for hydroxylation is 2. The molecule has 0 aliphatic heterocycles. The zero-order valence-corrected chi connectivity index (χ0v) is 43.8. The molecule has 0 fully saturated rings. The van der Waals surface area contributed by atoms with Crippen molar-refractivity contribution in [2.75, 3.05) is 0 Å². The van der Waals surface area contributed by atoms with Gasteiger partial charge in [-0.1, -0.05) is 239 Å². The van der Waals surface area contributed by atoms with Crippen LogP contribution in [0.15, 0.2) is 122 Å². The number of rotatable bonds is 29. The quantitative estimate of drug-likeness (QED) is 0.0439.